The zero-order chi connectivity index (χ0) is 17.6. The van der Waals surface area contributed by atoms with Gasteiger partial charge >= 0.3 is 0 Å². The van der Waals surface area contributed by atoms with Gasteiger partial charge in [0.15, 0.2) is 0 Å². The predicted octanol–water partition coefficient (Wildman–Crippen LogP) is 3.53. The summed E-state index contributed by atoms with van der Waals surface area (Å²) in [5.41, 5.74) is 2.41. The van der Waals surface area contributed by atoms with E-state index in [1.165, 1.54) is 16.3 Å². The topological polar surface area (TPSA) is 45.2 Å². The number of benzene rings is 1. The van der Waals surface area contributed by atoms with Gasteiger partial charge in [0.25, 0.3) is 0 Å². The minimum atomic E-state index is 0.0341. The number of nitrogens with one attached hydrogen (secondary N) is 1. The van der Waals surface area contributed by atoms with E-state index in [0.717, 1.165) is 44.6 Å². The average Bonchev–Trinajstić information content (AvgIpc) is 2.61. The molecule has 2 aromatic rings. The molecule has 0 unspecified atom stereocenters. The molecule has 1 aromatic heterocycles. The summed E-state index contributed by atoms with van der Waals surface area (Å²) >= 11 is 0. The number of allylic oxidation sites excluding steroid dienone is 1. The Morgan fingerprint density at radius 2 is 2.08 bits per heavy atom. The maximum Gasteiger partial charge on any atom is 0.243 e. The van der Waals surface area contributed by atoms with Crippen molar-refractivity contribution in [3.8, 4) is 0 Å². The summed E-state index contributed by atoms with van der Waals surface area (Å²) in [6.45, 7) is 7.84. The van der Waals surface area contributed by atoms with E-state index in [2.05, 4.69) is 39.5 Å². The van der Waals surface area contributed by atoms with Gasteiger partial charge in [0, 0.05) is 36.9 Å². The number of fused-ring (bicyclic) bond motifs is 1. The van der Waals surface area contributed by atoms with Crippen molar-refractivity contribution in [2.24, 2.45) is 5.92 Å². The molecule has 4 nitrogen and oxygen atoms in total. The molecule has 1 aliphatic heterocycles. The molecule has 1 fully saturated rings. The van der Waals surface area contributed by atoms with Gasteiger partial charge in [0.05, 0.1) is 0 Å². The fourth-order valence-corrected chi connectivity index (χ4v) is 3.48. The van der Waals surface area contributed by atoms with E-state index in [-0.39, 0.29) is 5.91 Å². The van der Waals surface area contributed by atoms with E-state index in [0.29, 0.717) is 5.92 Å². The van der Waals surface area contributed by atoms with Crippen molar-refractivity contribution in [3.05, 3.63) is 53.9 Å². The van der Waals surface area contributed by atoms with Crippen LogP contribution < -0.4 is 5.32 Å². The van der Waals surface area contributed by atoms with Crippen LogP contribution in [0.3, 0.4) is 0 Å². The number of pyridine rings is 1. The van der Waals surface area contributed by atoms with Gasteiger partial charge in [-0.1, -0.05) is 23.8 Å². The molecule has 0 bridgehead atoms. The highest BCUT2D eigenvalue weighted by atomic mass is 16.1. The van der Waals surface area contributed by atoms with Crippen molar-refractivity contribution in [2.75, 3.05) is 19.6 Å². The van der Waals surface area contributed by atoms with Gasteiger partial charge in [-0.3, -0.25) is 14.7 Å². The summed E-state index contributed by atoms with van der Waals surface area (Å²) in [5.74, 6) is 0.620. The normalized spacial score (nSPS) is 15.9. The largest absolute Gasteiger partial charge is 0.352 e. The van der Waals surface area contributed by atoms with E-state index >= 15 is 0 Å². The van der Waals surface area contributed by atoms with Crippen LogP contribution in [-0.4, -0.2) is 35.4 Å². The first kappa shape index (κ1) is 17.6. The molecular weight excluding hydrogens is 310 g/mol. The lowest BCUT2D eigenvalue weighted by Gasteiger charge is -2.32. The molecule has 1 aliphatic rings. The molecular formula is C21H27N3O. The van der Waals surface area contributed by atoms with E-state index in [1.54, 1.807) is 6.08 Å². The Bertz CT molecular complexity index is 751. The quantitative estimate of drug-likeness (QED) is 0.849. The summed E-state index contributed by atoms with van der Waals surface area (Å²) in [4.78, 5) is 18.5. The first-order valence-electron chi connectivity index (χ1n) is 9.08. The van der Waals surface area contributed by atoms with Gasteiger partial charge < -0.3 is 5.32 Å². The molecule has 1 saturated heterocycles. The molecule has 0 atom stereocenters. The summed E-state index contributed by atoms with van der Waals surface area (Å²) in [6.07, 6.45) is 7.75. The Kier molecular flexibility index (Phi) is 5.82. The third-order valence-electron chi connectivity index (χ3n) is 4.86. The highest BCUT2D eigenvalue weighted by Gasteiger charge is 2.20. The lowest BCUT2D eigenvalue weighted by Crippen LogP contribution is -2.38. The Morgan fingerprint density at radius 3 is 2.84 bits per heavy atom. The number of likely N-dealkylation sites (tertiary alicyclic amines) is 1. The number of aromatic nitrogens is 1. The molecule has 3 rings (SSSR count). The van der Waals surface area contributed by atoms with Gasteiger partial charge in [-0.25, -0.2) is 0 Å². The van der Waals surface area contributed by atoms with Gasteiger partial charge in [-0.2, -0.15) is 0 Å². The van der Waals surface area contributed by atoms with E-state index in [4.69, 9.17) is 0 Å². The van der Waals surface area contributed by atoms with E-state index in [9.17, 15) is 4.79 Å². The highest BCUT2D eigenvalue weighted by Crippen LogP contribution is 2.22. The summed E-state index contributed by atoms with van der Waals surface area (Å²) in [6, 6.07) is 8.56. The fourth-order valence-electron chi connectivity index (χ4n) is 3.48. The van der Waals surface area contributed by atoms with Gasteiger partial charge in [-0.05, 0) is 62.7 Å². The van der Waals surface area contributed by atoms with Crippen molar-refractivity contribution >= 4 is 16.7 Å². The van der Waals surface area contributed by atoms with Crippen molar-refractivity contribution in [3.63, 3.8) is 0 Å². The lowest BCUT2D eigenvalue weighted by atomic mass is 9.96. The number of carbonyl (C=O) groups is 1. The monoisotopic (exact) mass is 337 g/mol. The number of nitrogens with zero attached hydrogens (tertiary/aromatic N) is 2. The van der Waals surface area contributed by atoms with Crippen molar-refractivity contribution in [1.29, 1.82) is 0 Å². The fraction of sp³-hybridized carbons (Fsp3) is 0.429. The van der Waals surface area contributed by atoms with Gasteiger partial charge in [-0.15, -0.1) is 0 Å². The Morgan fingerprint density at radius 1 is 1.28 bits per heavy atom. The van der Waals surface area contributed by atoms with Crippen LogP contribution in [0.15, 0.2) is 48.3 Å². The van der Waals surface area contributed by atoms with Crippen LogP contribution in [0.4, 0.5) is 0 Å². The van der Waals surface area contributed by atoms with Gasteiger partial charge in [0.1, 0.15) is 0 Å². The molecule has 132 valence electrons. The first-order valence-corrected chi connectivity index (χ1v) is 9.08. The molecule has 0 aliphatic carbocycles. The molecule has 1 amide bonds. The number of amides is 1. The Labute approximate surface area is 149 Å². The van der Waals surface area contributed by atoms with Gasteiger partial charge in [0.2, 0.25) is 5.91 Å². The molecule has 4 heteroatoms. The maximum absolute atomic E-state index is 11.7. The summed E-state index contributed by atoms with van der Waals surface area (Å²) in [7, 11) is 0. The molecule has 25 heavy (non-hydrogen) atoms. The van der Waals surface area contributed by atoms with Crippen LogP contribution in [0.25, 0.3) is 10.8 Å². The van der Waals surface area contributed by atoms with Crippen molar-refractivity contribution < 1.29 is 4.79 Å². The number of hydrogen-bond acceptors (Lipinski definition) is 3. The van der Waals surface area contributed by atoms with Crippen LogP contribution in [0, 0.1) is 5.92 Å². The predicted molar refractivity (Wildman–Crippen MR) is 102 cm³/mol. The van der Waals surface area contributed by atoms with Crippen LogP contribution in [0.5, 0.6) is 0 Å². The van der Waals surface area contributed by atoms with Crippen molar-refractivity contribution in [1.82, 2.24) is 15.2 Å². The Balaban J connectivity index is 1.51. The molecule has 0 spiro atoms. The smallest absolute Gasteiger partial charge is 0.243 e. The number of carbonyl (C=O) groups excluding carboxylic acids is 1. The van der Waals surface area contributed by atoms with Crippen LogP contribution in [0.2, 0.25) is 0 Å². The van der Waals surface area contributed by atoms with Crippen LogP contribution >= 0.6 is 0 Å². The molecule has 1 aromatic carbocycles. The standard InChI is InChI=1S/C21H27N3O/c1-16(2)12-21(25)23-13-17-7-10-24(11-8-17)15-19-5-3-4-18-14-22-9-6-20(18)19/h3-6,9,12,14,17H,7-8,10-11,13,15H2,1-2H3,(H,23,25). The second-order valence-electron chi connectivity index (χ2n) is 7.20. The van der Waals surface area contributed by atoms with E-state index < -0.39 is 0 Å². The molecule has 0 radical (unpaired) electrons. The van der Waals surface area contributed by atoms with E-state index in [1.807, 2.05) is 26.2 Å². The second-order valence-corrected chi connectivity index (χ2v) is 7.20. The SMILES string of the molecule is CC(C)=CC(=O)NCC1CCN(Cc2cccc3cnccc23)CC1. The highest BCUT2D eigenvalue weighted by molar-refractivity contribution is 5.88. The number of piperidine rings is 1. The second kappa shape index (κ2) is 8.26. The lowest BCUT2D eigenvalue weighted by molar-refractivity contribution is -0.116. The third kappa shape index (κ3) is 4.89. The van der Waals surface area contributed by atoms with Crippen LogP contribution in [-0.2, 0) is 11.3 Å². The third-order valence-corrected chi connectivity index (χ3v) is 4.86. The molecule has 1 N–H and O–H groups in total. The Hall–Kier alpha value is -2.20. The number of rotatable bonds is 5. The molecule has 0 saturated carbocycles. The molecule has 2 heterocycles. The minimum Gasteiger partial charge on any atom is -0.352 e. The summed E-state index contributed by atoms with van der Waals surface area (Å²) in [5, 5.41) is 5.54. The van der Waals surface area contributed by atoms with Crippen LogP contribution in [0.1, 0.15) is 32.3 Å². The summed E-state index contributed by atoms with van der Waals surface area (Å²) < 4.78 is 0. The first-order chi connectivity index (χ1) is 12.1. The number of hydrogen-bond donors (Lipinski definition) is 1. The zero-order valence-corrected chi connectivity index (χ0v) is 15.2. The maximum atomic E-state index is 11.7. The average molecular weight is 337 g/mol. The zero-order valence-electron chi connectivity index (χ0n) is 15.2. The minimum absolute atomic E-state index is 0.0341. The van der Waals surface area contributed by atoms with Crippen molar-refractivity contribution in [2.45, 2.75) is 33.2 Å².